The van der Waals surface area contributed by atoms with Gasteiger partial charge in [0.15, 0.2) is 5.96 Å². The summed E-state index contributed by atoms with van der Waals surface area (Å²) >= 11 is 0. The molecule has 0 atom stereocenters. The van der Waals surface area contributed by atoms with Crippen molar-refractivity contribution in [2.45, 2.75) is 46.7 Å². The fraction of sp³-hybridized carbons (Fsp3) is 0.562. The van der Waals surface area contributed by atoms with Crippen molar-refractivity contribution in [2.75, 3.05) is 13.7 Å². The SMILES string of the molecule is CCNC(=NCc1cc(C)cc(OC)c1)NC(C)(C)C.I. The van der Waals surface area contributed by atoms with E-state index in [9.17, 15) is 0 Å². The molecule has 1 aromatic rings. The van der Waals surface area contributed by atoms with Crippen LogP contribution >= 0.6 is 24.0 Å². The van der Waals surface area contributed by atoms with Crippen LogP contribution in [0.2, 0.25) is 0 Å². The van der Waals surface area contributed by atoms with Crippen LogP contribution in [0.1, 0.15) is 38.8 Å². The Bertz CT molecular complexity index is 467. The molecule has 0 fully saturated rings. The minimum Gasteiger partial charge on any atom is -0.497 e. The largest absolute Gasteiger partial charge is 0.497 e. The Morgan fingerprint density at radius 2 is 1.90 bits per heavy atom. The average Bonchev–Trinajstić information content (AvgIpc) is 2.34. The van der Waals surface area contributed by atoms with Crippen LogP contribution in [-0.2, 0) is 6.54 Å². The quantitative estimate of drug-likeness (QED) is 0.458. The number of benzene rings is 1. The second-order valence-corrected chi connectivity index (χ2v) is 5.93. The second kappa shape index (κ2) is 9.12. The van der Waals surface area contributed by atoms with Gasteiger partial charge >= 0.3 is 0 Å². The van der Waals surface area contributed by atoms with Crippen LogP contribution in [0.4, 0.5) is 0 Å². The topological polar surface area (TPSA) is 45.7 Å². The van der Waals surface area contributed by atoms with Gasteiger partial charge in [0.1, 0.15) is 5.75 Å². The number of aliphatic imine (C=N–C) groups is 1. The van der Waals surface area contributed by atoms with E-state index >= 15 is 0 Å². The Morgan fingerprint density at radius 1 is 1.24 bits per heavy atom. The molecule has 5 heteroatoms. The maximum atomic E-state index is 5.29. The van der Waals surface area contributed by atoms with Crippen LogP contribution < -0.4 is 15.4 Å². The van der Waals surface area contributed by atoms with Crippen molar-refractivity contribution in [3.8, 4) is 5.75 Å². The molecular formula is C16H28IN3O. The number of halogens is 1. The van der Waals surface area contributed by atoms with Crippen molar-refractivity contribution >= 4 is 29.9 Å². The van der Waals surface area contributed by atoms with E-state index in [4.69, 9.17) is 4.74 Å². The van der Waals surface area contributed by atoms with Gasteiger partial charge in [-0.15, -0.1) is 24.0 Å². The van der Waals surface area contributed by atoms with Crippen LogP contribution in [0, 0.1) is 6.92 Å². The van der Waals surface area contributed by atoms with Gasteiger partial charge in [-0.1, -0.05) is 6.07 Å². The van der Waals surface area contributed by atoms with Crippen molar-refractivity contribution in [1.82, 2.24) is 10.6 Å². The number of ether oxygens (including phenoxy) is 1. The van der Waals surface area contributed by atoms with Crippen molar-refractivity contribution in [3.63, 3.8) is 0 Å². The minimum absolute atomic E-state index is 0. The zero-order valence-electron chi connectivity index (χ0n) is 13.9. The summed E-state index contributed by atoms with van der Waals surface area (Å²) in [5, 5.41) is 6.64. The van der Waals surface area contributed by atoms with Gasteiger partial charge in [-0.2, -0.15) is 0 Å². The van der Waals surface area contributed by atoms with Crippen molar-refractivity contribution < 1.29 is 4.74 Å². The molecular weight excluding hydrogens is 377 g/mol. The summed E-state index contributed by atoms with van der Waals surface area (Å²) in [5.74, 6) is 1.71. The van der Waals surface area contributed by atoms with Gasteiger partial charge in [-0.25, -0.2) is 4.99 Å². The zero-order chi connectivity index (χ0) is 15.2. The summed E-state index contributed by atoms with van der Waals surface area (Å²) in [6.07, 6.45) is 0. The summed E-state index contributed by atoms with van der Waals surface area (Å²) in [4.78, 5) is 4.62. The van der Waals surface area contributed by atoms with E-state index in [-0.39, 0.29) is 29.5 Å². The van der Waals surface area contributed by atoms with Crippen LogP contribution in [0.3, 0.4) is 0 Å². The maximum absolute atomic E-state index is 5.29. The van der Waals surface area contributed by atoms with Crippen LogP contribution in [-0.4, -0.2) is 25.2 Å². The Hall–Kier alpha value is -0.980. The van der Waals surface area contributed by atoms with E-state index in [1.54, 1.807) is 7.11 Å². The highest BCUT2D eigenvalue weighted by Crippen LogP contribution is 2.17. The highest BCUT2D eigenvalue weighted by molar-refractivity contribution is 14.0. The zero-order valence-corrected chi connectivity index (χ0v) is 16.2. The third kappa shape index (κ3) is 8.14. The van der Waals surface area contributed by atoms with Crippen molar-refractivity contribution in [2.24, 2.45) is 4.99 Å². The highest BCUT2D eigenvalue weighted by atomic mass is 127. The predicted octanol–water partition coefficient (Wildman–Crippen LogP) is 3.48. The monoisotopic (exact) mass is 405 g/mol. The highest BCUT2D eigenvalue weighted by Gasteiger charge is 2.11. The van der Waals surface area contributed by atoms with E-state index in [2.05, 4.69) is 56.3 Å². The number of methoxy groups -OCH3 is 1. The van der Waals surface area contributed by atoms with E-state index in [1.165, 1.54) is 5.56 Å². The molecule has 0 unspecified atom stereocenters. The Balaban J connectivity index is 0.00000400. The van der Waals surface area contributed by atoms with Crippen LogP contribution in [0.25, 0.3) is 0 Å². The Labute approximate surface area is 145 Å². The van der Waals surface area contributed by atoms with Gasteiger partial charge in [0.05, 0.1) is 13.7 Å². The van der Waals surface area contributed by atoms with Crippen LogP contribution in [0.5, 0.6) is 5.75 Å². The van der Waals surface area contributed by atoms with Crippen LogP contribution in [0.15, 0.2) is 23.2 Å². The molecule has 0 aliphatic heterocycles. The minimum atomic E-state index is -0.00863. The first-order valence-electron chi connectivity index (χ1n) is 7.05. The lowest BCUT2D eigenvalue weighted by atomic mass is 10.1. The molecule has 0 bridgehead atoms. The van der Waals surface area contributed by atoms with E-state index in [0.29, 0.717) is 6.54 Å². The molecule has 0 spiro atoms. The molecule has 0 aliphatic rings. The normalized spacial score (nSPS) is 11.6. The lowest BCUT2D eigenvalue weighted by molar-refractivity contribution is 0.414. The molecule has 1 aromatic carbocycles. The summed E-state index contributed by atoms with van der Waals surface area (Å²) < 4.78 is 5.29. The number of rotatable bonds is 4. The molecule has 1 rings (SSSR count). The standard InChI is InChI=1S/C16H27N3O.HI/c1-7-17-15(19-16(3,4)5)18-11-13-8-12(2)9-14(10-13)20-6;/h8-10H,7,11H2,1-6H3,(H2,17,18,19);1H. The number of nitrogens with zero attached hydrogens (tertiary/aromatic N) is 1. The predicted molar refractivity (Wildman–Crippen MR) is 101 cm³/mol. The molecule has 0 saturated carbocycles. The van der Waals surface area contributed by atoms with Gasteiger partial charge in [0.25, 0.3) is 0 Å². The van der Waals surface area contributed by atoms with Gasteiger partial charge in [-0.3, -0.25) is 0 Å². The molecule has 0 heterocycles. The fourth-order valence-electron chi connectivity index (χ4n) is 1.87. The molecule has 0 saturated heterocycles. The lowest BCUT2D eigenvalue weighted by Crippen LogP contribution is -2.47. The molecule has 21 heavy (non-hydrogen) atoms. The maximum Gasteiger partial charge on any atom is 0.191 e. The van der Waals surface area contributed by atoms with Gasteiger partial charge in [-0.05, 0) is 57.9 Å². The van der Waals surface area contributed by atoms with Gasteiger partial charge in [0.2, 0.25) is 0 Å². The number of guanidine groups is 1. The molecule has 0 radical (unpaired) electrons. The second-order valence-electron chi connectivity index (χ2n) is 5.93. The lowest BCUT2D eigenvalue weighted by Gasteiger charge is -2.23. The third-order valence-electron chi connectivity index (χ3n) is 2.60. The average molecular weight is 405 g/mol. The molecule has 4 nitrogen and oxygen atoms in total. The van der Waals surface area contributed by atoms with E-state index in [0.717, 1.165) is 23.8 Å². The molecule has 0 amide bonds. The summed E-state index contributed by atoms with van der Waals surface area (Å²) in [6.45, 7) is 12.0. The number of aryl methyl sites for hydroxylation is 1. The molecule has 0 aliphatic carbocycles. The van der Waals surface area contributed by atoms with E-state index < -0.39 is 0 Å². The molecule has 0 aromatic heterocycles. The van der Waals surface area contributed by atoms with Crippen molar-refractivity contribution in [3.05, 3.63) is 29.3 Å². The van der Waals surface area contributed by atoms with Crippen molar-refractivity contribution in [1.29, 1.82) is 0 Å². The van der Waals surface area contributed by atoms with E-state index in [1.807, 2.05) is 12.1 Å². The first-order chi connectivity index (χ1) is 9.34. The fourth-order valence-corrected chi connectivity index (χ4v) is 1.87. The molecule has 2 N–H and O–H groups in total. The number of hydrogen-bond donors (Lipinski definition) is 2. The summed E-state index contributed by atoms with van der Waals surface area (Å²) in [5.41, 5.74) is 2.32. The first-order valence-corrected chi connectivity index (χ1v) is 7.05. The summed E-state index contributed by atoms with van der Waals surface area (Å²) in [7, 11) is 1.69. The smallest absolute Gasteiger partial charge is 0.191 e. The number of nitrogens with one attached hydrogen (secondary N) is 2. The summed E-state index contributed by atoms with van der Waals surface area (Å²) in [6, 6.07) is 6.18. The Morgan fingerprint density at radius 3 is 2.43 bits per heavy atom. The first kappa shape index (κ1) is 20.0. The third-order valence-corrected chi connectivity index (χ3v) is 2.60. The number of hydrogen-bond acceptors (Lipinski definition) is 2. The van der Waals surface area contributed by atoms with Gasteiger partial charge in [0, 0.05) is 12.1 Å². The molecule has 120 valence electrons. The Kier molecular flexibility index (Phi) is 8.70. The van der Waals surface area contributed by atoms with Gasteiger partial charge < -0.3 is 15.4 Å².